The summed E-state index contributed by atoms with van der Waals surface area (Å²) in [6.45, 7) is 2.49. The van der Waals surface area contributed by atoms with Crippen molar-refractivity contribution in [3.05, 3.63) is 83.2 Å². The maximum Gasteiger partial charge on any atom is 0.238 e. The molecule has 0 spiro atoms. The molecule has 0 aliphatic heterocycles. The van der Waals surface area contributed by atoms with Gasteiger partial charge in [0.2, 0.25) is 5.91 Å². The Balaban J connectivity index is 1.66. The van der Waals surface area contributed by atoms with Crippen LogP contribution in [0.1, 0.15) is 27.4 Å². The van der Waals surface area contributed by atoms with E-state index in [1.54, 1.807) is 36.4 Å². The van der Waals surface area contributed by atoms with Crippen molar-refractivity contribution in [2.75, 3.05) is 18.9 Å². The molecule has 138 valence electrons. The van der Waals surface area contributed by atoms with Gasteiger partial charge < -0.3 is 9.84 Å². The number of likely N-dealkylation sites (N-methyl/N-ethyl adjacent to an activating group) is 1. The second kappa shape index (κ2) is 8.42. The number of hydrogen-bond donors (Lipinski definition) is 1. The van der Waals surface area contributed by atoms with Gasteiger partial charge in [0.25, 0.3) is 0 Å². The lowest BCUT2D eigenvalue weighted by atomic mass is 10.0. The number of carbonyl (C=O) groups excluding carboxylic acids is 2. The van der Waals surface area contributed by atoms with E-state index >= 15 is 0 Å². The number of aryl methyl sites for hydroxylation is 1. The predicted molar refractivity (Wildman–Crippen MR) is 103 cm³/mol. The smallest absolute Gasteiger partial charge is 0.238 e. The van der Waals surface area contributed by atoms with Gasteiger partial charge in [0, 0.05) is 23.7 Å². The summed E-state index contributed by atoms with van der Waals surface area (Å²) < 4.78 is 5.04. The van der Waals surface area contributed by atoms with Crippen LogP contribution in [-0.4, -0.2) is 35.3 Å². The van der Waals surface area contributed by atoms with Gasteiger partial charge in [-0.2, -0.15) is 0 Å². The van der Waals surface area contributed by atoms with Crippen molar-refractivity contribution in [1.82, 2.24) is 10.1 Å². The first-order valence-electron chi connectivity index (χ1n) is 8.62. The molecule has 1 aromatic heterocycles. The van der Waals surface area contributed by atoms with Gasteiger partial charge in [0.05, 0.1) is 17.9 Å². The SMILES string of the molecule is Cc1cc(CN(C)CC(=O)Nc2ccccc2C(=O)c2ccccc2)no1. The molecule has 0 aliphatic carbocycles. The summed E-state index contributed by atoms with van der Waals surface area (Å²) in [5.41, 5.74) is 2.31. The van der Waals surface area contributed by atoms with E-state index in [0.29, 0.717) is 23.4 Å². The van der Waals surface area contributed by atoms with E-state index in [4.69, 9.17) is 4.52 Å². The Labute approximate surface area is 157 Å². The van der Waals surface area contributed by atoms with Gasteiger partial charge in [-0.05, 0) is 26.1 Å². The third-order valence-corrected chi connectivity index (χ3v) is 4.00. The van der Waals surface area contributed by atoms with E-state index in [9.17, 15) is 9.59 Å². The second-order valence-corrected chi connectivity index (χ2v) is 6.39. The van der Waals surface area contributed by atoms with Crippen LogP contribution in [0.4, 0.5) is 5.69 Å². The number of benzene rings is 2. The molecule has 0 atom stereocenters. The molecule has 6 heteroatoms. The van der Waals surface area contributed by atoms with Crippen molar-refractivity contribution >= 4 is 17.4 Å². The van der Waals surface area contributed by atoms with Crippen LogP contribution < -0.4 is 5.32 Å². The zero-order chi connectivity index (χ0) is 19.2. The topological polar surface area (TPSA) is 75.4 Å². The van der Waals surface area contributed by atoms with Gasteiger partial charge in [-0.15, -0.1) is 0 Å². The summed E-state index contributed by atoms with van der Waals surface area (Å²) in [6, 6.07) is 17.9. The molecule has 0 saturated heterocycles. The van der Waals surface area contributed by atoms with Gasteiger partial charge >= 0.3 is 0 Å². The molecule has 1 N–H and O–H groups in total. The van der Waals surface area contributed by atoms with Crippen LogP contribution in [0, 0.1) is 6.92 Å². The van der Waals surface area contributed by atoms with E-state index in [2.05, 4.69) is 10.5 Å². The van der Waals surface area contributed by atoms with Crippen LogP contribution in [-0.2, 0) is 11.3 Å². The third kappa shape index (κ3) is 4.89. The third-order valence-electron chi connectivity index (χ3n) is 4.00. The Kier molecular flexibility index (Phi) is 5.78. The molecule has 3 rings (SSSR count). The molecule has 0 fully saturated rings. The van der Waals surface area contributed by atoms with Crippen LogP contribution in [0.5, 0.6) is 0 Å². The van der Waals surface area contributed by atoms with E-state index in [1.165, 1.54) is 0 Å². The van der Waals surface area contributed by atoms with Gasteiger partial charge in [0.1, 0.15) is 5.76 Å². The average Bonchev–Trinajstić information content (AvgIpc) is 3.06. The molecular formula is C21H21N3O3. The van der Waals surface area contributed by atoms with E-state index < -0.39 is 0 Å². The van der Waals surface area contributed by atoms with Crippen LogP contribution in [0.25, 0.3) is 0 Å². The Morgan fingerprint density at radius 3 is 2.48 bits per heavy atom. The molecule has 1 amide bonds. The molecular weight excluding hydrogens is 342 g/mol. The monoisotopic (exact) mass is 363 g/mol. The maximum atomic E-state index is 12.7. The second-order valence-electron chi connectivity index (χ2n) is 6.39. The van der Waals surface area contributed by atoms with Crippen molar-refractivity contribution < 1.29 is 14.1 Å². The molecule has 0 unspecified atom stereocenters. The minimum Gasteiger partial charge on any atom is -0.361 e. The number of carbonyl (C=O) groups is 2. The molecule has 3 aromatic rings. The van der Waals surface area contributed by atoms with Crippen molar-refractivity contribution in [2.24, 2.45) is 0 Å². The quantitative estimate of drug-likeness (QED) is 0.652. The molecule has 0 radical (unpaired) electrons. The highest BCUT2D eigenvalue weighted by Gasteiger charge is 2.16. The fourth-order valence-electron chi connectivity index (χ4n) is 2.79. The van der Waals surface area contributed by atoms with Crippen molar-refractivity contribution in [3.8, 4) is 0 Å². The highest BCUT2D eigenvalue weighted by Crippen LogP contribution is 2.19. The summed E-state index contributed by atoms with van der Waals surface area (Å²) in [7, 11) is 1.82. The lowest BCUT2D eigenvalue weighted by molar-refractivity contribution is -0.117. The summed E-state index contributed by atoms with van der Waals surface area (Å²) in [5.74, 6) is 0.403. The first kappa shape index (κ1) is 18.5. The minimum atomic E-state index is -0.203. The Bertz CT molecular complexity index is 935. The number of para-hydroxylation sites is 1. The maximum absolute atomic E-state index is 12.7. The molecule has 0 bridgehead atoms. The number of aromatic nitrogens is 1. The lowest BCUT2D eigenvalue weighted by Gasteiger charge is -2.16. The van der Waals surface area contributed by atoms with E-state index in [-0.39, 0.29) is 18.2 Å². The Hall–Kier alpha value is -3.25. The molecule has 1 heterocycles. The summed E-state index contributed by atoms with van der Waals surface area (Å²) in [4.78, 5) is 27.0. The number of hydrogen-bond acceptors (Lipinski definition) is 5. The van der Waals surface area contributed by atoms with Gasteiger partial charge in [0.15, 0.2) is 5.78 Å². The largest absolute Gasteiger partial charge is 0.361 e. The van der Waals surface area contributed by atoms with Gasteiger partial charge in [-0.25, -0.2) is 0 Å². The van der Waals surface area contributed by atoms with Gasteiger partial charge in [-0.1, -0.05) is 47.6 Å². The molecule has 0 saturated carbocycles. The van der Waals surface area contributed by atoms with Crippen LogP contribution >= 0.6 is 0 Å². The number of amides is 1. The predicted octanol–water partition coefficient (Wildman–Crippen LogP) is 3.28. The standard InChI is InChI=1S/C21H21N3O3/c1-15-12-17(23-27-15)13-24(2)14-20(25)22-19-11-7-6-10-18(19)21(26)16-8-4-3-5-9-16/h3-12H,13-14H2,1-2H3,(H,22,25). The summed E-state index contributed by atoms with van der Waals surface area (Å²) in [6.07, 6.45) is 0. The normalized spacial score (nSPS) is 10.8. The molecule has 0 aliphatic rings. The highest BCUT2D eigenvalue weighted by molar-refractivity contribution is 6.13. The lowest BCUT2D eigenvalue weighted by Crippen LogP contribution is -2.30. The molecule has 2 aromatic carbocycles. The van der Waals surface area contributed by atoms with E-state index in [1.807, 2.05) is 43.1 Å². The van der Waals surface area contributed by atoms with Crippen molar-refractivity contribution in [3.63, 3.8) is 0 Å². The van der Waals surface area contributed by atoms with Crippen molar-refractivity contribution in [1.29, 1.82) is 0 Å². The summed E-state index contributed by atoms with van der Waals surface area (Å²) in [5, 5.41) is 6.76. The minimum absolute atomic E-state index is 0.127. The fourth-order valence-corrected chi connectivity index (χ4v) is 2.79. The van der Waals surface area contributed by atoms with E-state index in [0.717, 1.165) is 11.5 Å². The highest BCUT2D eigenvalue weighted by atomic mass is 16.5. The number of nitrogens with zero attached hydrogens (tertiary/aromatic N) is 2. The number of nitrogens with one attached hydrogen (secondary N) is 1. The molecule has 6 nitrogen and oxygen atoms in total. The zero-order valence-corrected chi connectivity index (χ0v) is 15.3. The fraction of sp³-hybridized carbons (Fsp3) is 0.190. The Morgan fingerprint density at radius 1 is 1.07 bits per heavy atom. The van der Waals surface area contributed by atoms with Crippen LogP contribution in [0.3, 0.4) is 0 Å². The first-order valence-corrected chi connectivity index (χ1v) is 8.62. The van der Waals surface area contributed by atoms with Crippen molar-refractivity contribution in [2.45, 2.75) is 13.5 Å². The first-order chi connectivity index (χ1) is 13.0. The number of rotatable bonds is 7. The van der Waals surface area contributed by atoms with Gasteiger partial charge in [-0.3, -0.25) is 14.5 Å². The van der Waals surface area contributed by atoms with Crippen LogP contribution in [0.2, 0.25) is 0 Å². The zero-order valence-electron chi connectivity index (χ0n) is 15.3. The summed E-state index contributed by atoms with van der Waals surface area (Å²) >= 11 is 0. The Morgan fingerprint density at radius 2 is 1.78 bits per heavy atom. The average molecular weight is 363 g/mol. The number of ketones is 1. The number of anilines is 1. The molecule has 27 heavy (non-hydrogen) atoms. The van der Waals surface area contributed by atoms with Crippen LogP contribution in [0.15, 0.2) is 65.2 Å².